The van der Waals surface area contributed by atoms with Crippen LogP contribution in [0.25, 0.3) is 0 Å². The maximum Gasteiger partial charge on any atom is 0.142 e. The molecule has 1 nitrogen and oxygen atoms in total. The fraction of sp³-hybridized carbons (Fsp3) is 0.222. The van der Waals surface area contributed by atoms with Gasteiger partial charge in [-0.1, -0.05) is 17.7 Å². The third-order valence-corrected chi connectivity index (χ3v) is 1.94. The van der Waals surface area contributed by atoms with Gasteiger partial charge in [-0.15, -0.1) is 0 Å². The summed E-state index contributed by atoms with van der Waals surface area (Å²) >= 11 is 5.47. The zero-order chi connectivity index (χ0) is 9.14. The highest BCUT2D eigenvalue weighted by Gasteiger charge is 2.06. The Morgan fingerprint density at radius 3 is 2.75 bits per heavy atom. The number of nitriles is 1. The third kappa shape index (κ3) is 1.75. The second-order valence-electron chi connectivity index (χ2n) is 2.52. The second kappa shape index (κ2) is 3.55. The summed E-state index contributed by atoms with van der Waals surface area (Å²) in [4.78, 5) is 0. The lowest BCUT2D eigenvalue weighted by Gasteiger charge is -2.02. The van der Waals surface area contributed by atoms with Gasteiger partial charge in [0.15, 0.2) is 0 Å². The maximum atomic E-state index is 12.8. The molecule has 0 amide bonds. The SMILES string of the molecule is CC(C#N)c1ccc(Cl)c(F)c1. The van der Waals surface area contributed by atoms with Gasteiger partial charge in [-0.05, 0) is 24.6 Å². The molecule has 12 heavy (non-hydrogen) atoms. The number of hydrogen-bond acceptors (Lipinski definition) is 1. The zero-order valence-corrected chi connectivity index (χ0v) is 7.27. The third-order valence-electron chi connectivity index (χ3n) is 1.64. The van der Waals surface area contributed by atoms with Crippen molar-refractivity contribution >= 4 is 11.6 Å². The summed E-state index contributed by atoms with van der Waals surface area (Å²) < 4.78 is 12.8. The molecular weight excluding hydrogens is 177 g/mol. The first-order valence-electron chi connectivity index (χ1n) is 3.49. The molecule has 0 saturated carbocycles. The molecule has 0 aliphatic carbocycles. The molecule has 0 aliphatic rings. The van der Waals surface area contributed by atoms with Crippen molar-refractivity contribution in [2.45, 2.75) is 12.8 Å². The summed E-state index contributed by atoms with van der Waals surface area (Å²) in [6, 6.07) is 6.42. The normalized spacial score (nSPS) is 12.2. The summed E-state index contributed by atoms with van der Waals surface area (Å²) in [6.07, 6.45) is 0. The van der Waals surface area contributed by atoms with Crippen LogP contribution in [0.2, 0.25) is 5.02 Å². The van der Waals surface area contributed by atoms with Crippen LogP contribution in [0.3, 0.4) is 0 Å². The van der Waals surface area contributed by atoms with Gasteiger partial charge in [0.2, 0.25) is 0 Å². The maximum absolute atomic E-state index is 12.8. The molecule has 0 aromatic heterocycles. The first-order valence-corrected chi connectivity index (χ1v) is 3.87. The van der Waals surface area contributed by atoms with Crippen molar-refractivity contribution in [3.05, 3.63) is 34.6 Å². The first kappa shape index (κ1) is 9.02. The highest BCUT2D eigenvalue weighted by Crippen LogP contribution is 2.20. The lowest BCUT2D eigenvalue weighted by molar-refractivity contribution is 0.625. The Hall–Kier alpha value is -1.07. The van der Waals surface area contributed by atoms with Crippen LogP contribution in [0.15, 0.2) is 18.2 Å². The van der Waals surface area contributed by atoms with Crippen molar-refractivity contribution in [2.24, 2.45) is 0 Å². The molecule has 0 aliphatic heterocycles. The molecule has 0 bridgehead atoms. The van der Waals surface area contributed by atoms with E-state index in [4.69, 9.17) is 16.9 Å². The van der Waals surface area contributed by atoms with Crippen LogP contribution in [0.4, 0.5) is 4.39 Å². The highest BCUT2D eigenvalue weighted by molar-refractivity contribution is 6.30. The topological polar surface area (TPSA) is 23.8 Å². The monoisotopic (exact) mass is 183 g/mol. The minimum Gasteiger partial charge on any atom is -0.205 e. The molecule has 0 spiro atoms. The van der Waals surface area contributed by atoms with Crippen LogP contribution in [-0.2, 0) is 0 Å². The standard InChI is InChI=1S/C9H7ClFN/c1-6(5-12)7-2-3-8(10)9(11)4-7/h2-4,6H,1H3. The fourth-order valence-corrected chi connectivity index (χ4v) is 0.974. The second-order valence-corrected chi connectivity index (χ2v) is 2.93. The number of halogens is 2. The van der Waals surface area contributed by atoms with E-state index in [-0.39, 0.29) is 10.9 Å². The van der Waals surface area contributed by atoms with Crippen LogP contribution in [0, 0.1) is 17.1 Å². The van der Waals surface area contributed by atoms with E-state index in [1.165, 1.54) is 12.1 Å². The Balaban J connectivity index is 3.06. The molecule has 3 heteroatoms. The smallest absolute Gasteiger partial charge is 0.142 e. The number of nitrogens with zero attached hydrogens (tertiary/aromatic N) is 1. The minimum absolute atomic E-state index is 0.0869. The van der Waals surface area contributed by atoms with E-state index in [0.717, 1.165) is 0 Å². The highest BCUT2D eigenvalue weighted by atomic mass is 35.5. The van der Waals surface area contributed by atoms with Gasteiger partial charge in [0.1, 0.15) is 5.82 Å². The molecule has 1 unspecified atom stereocenters. The Morgan fingerprint density at radius 2 is 2.25 bits per heavy atom. The van der Waals surface area contributed by atoms with Crippen molar-refractivity contribution in [3.63, 3.8) is 0 Å². The summed E-state index contributed by atoms with van der Waals surface area (Å²) in [7, 11) is 0. The van der Waals surface area contributed by atoms with Gasteiger partial charge in [-0.2, -0.15) is 5.26 Å². The molecule has 0 N–H and O–H groups in total. The predicted octanol–water partition coefficient (Wildman–Crippen LogP) is 3.11. The van der Waals surface area contributed by atoms with Gasteiger partial charge in [0, 0.05) is 0 Å². The largest absolute Gasteiger partial charge is 0.205 e. The summed E-state index contributed by atoms with van der Waals surface area (Å²) in [5, 5.41) is 8.63. The molecule has 1 rings (SSSR count). The van der Waals surface area contributed by atoms with E-state index in [1.807, 2.05) is 6.07 Å². The van der Waals surface area contributed by atoms with Gasteiger partial charge in [-0.3, -0.25) is 0 Å². The van der Waals surface area contributed by atoms with Gasteiger partial charge >= 0.3 is 0 Å². The van der Waals surface area contributed by atoms with E-state index in [2.05, 4.69) is 0 Å². The number of rotatable bonds is 1. The van der Waals surface area contributed by atoms with Crippen molar-refractivity contribution in [2.75, 3.05) is 0 Å². The van der Waals surface area contributed by atoms with E-state index < -0.39 is 5.82 Å². The Labute approximate surface area is 75.4 Å². The van der Waals surface area contributed by atoms with Crippen LogP contribution in [-0.4, -0.2) is 0 Å². The molecule has 0 saturated heterocycles. The molecule has 1 aromatic carbocycles. The lowest BCUT2D eigenvalue weighted by Crippen LogP contribution is -1.90. The number of hydrogen-bond donors (Lipinski definition) is 0. The first-order chi connectivity index (χ1) is 5.65. The van der Waals surface area contributed by atoms with E-state index in [1.54, 1.807) is 13.0 Å². The van der Waals surface area contributed by atoms with Gasteiger partial charge in [0.05, 0.1) is 17.0 Å². The molecule has 0 heterocycles. The minimum atomic E-state index is -0.476. The molecule has 62 valence electrons. The zero-order valence-electron chi connectivity index (χ0n) is 6.51. The lowest BCUT2D eigenvalue weighted by atomic mass is 10.0. The van der Waals surface area contributed by atoms with Gasteiger partial charge in [-0.25, -0.2) is 4.39 Å². The van der Waals surface area contributed by atoms with Crippen LogP contribution >= 0.6 is 11.6 Å². The van der Waals surface area contributed by atoms with Crippen molar-refractivity contribution < 1.29 is 4.39 Å². The van der Waals surface area contributed by atoms with Crippen LogP contribution in [0.5, 0.6) is 0 Å². The quantitative estimate of drug-likeness (QED) is 0.656. The molecule has 0 radical (unpaired) electrons. The summed E-state index contributed by atoms with van der Waals surface area (Å²) in [6.45, 7) is 1.71. The van der Waals surface area contributed by atoms with Crippen LogP contribution in [0.1, 0.15) is 18.4 Å². The Bertz CT molecular complexity index is 330. The fourth-order valence-electron chi connectivity index (χ4n) is 0.856. The van der Waals surface area contributed by atoms with Crippen molar-refractivity contribution in [1.29, 1.82) is 5.26 Å². The average Bonchev–Trinajstić information content (AvgIpc) is 2.08. The van der Waals surface area contributed by atoms with Crippen molar-refractivity contribution in [3.8, 4) is 6.07 Å². The van der Waals surface area contributed by atoms with E-state index in [9.17, 15) is 4.39 Å². The van der Waals surface area contributed by atoms with E-state index in [0.29, 0.717) is 5.56 Å². The summed E-state index contributed by atoms with van der Waals surface area (Å²) in [5.41, 5.74) is 0.652. The molecule has 1 atom stereocenters. The van der Waals surface area contributed by atoms with Crippen LogP contribution < -0.4 is 0 Å². The molecule has 1 aromatic rings. The van der Waals surface area contributed by atoms with Gasteiger partial charge < -0.3 is 0 Å². The van der Waals surface area contributed by atoms with E-state index >= 15 is 0 Å². The van der Waals surface area contributed by atoms with Crippen molar-refractivity contribution in [1.82, 2.24) is 0 Å². The van der Waals surface area contributed by atoms with Gasteiger partial charge in [0.25, 0.3) is 0 Å². The Morgan fingerprint density at radius 1 is 1.58 bits per heavy atom. The summed E-state index contributed by atoms with van der Waals surface area (Å²) in [5.74, 6) is -0.770. The Kier molecular flexibility index (Phi) is 2.67. The average molecular weight is 184 g/mol. The predicted molar refractivity (Wildman–Crippen MR) is 45.4 cm³/mol. The molecular formula is C9H7ClFN. The number of benzene rings is 1. The molecule has 0 fully saturated rings.